The van der Waals surface area contributed by atoms with Crippen LogP contribution in [0.25, 0.3) is 0 Å². The molecule has 0 saturated heterocycles. The maximum atomic E-state index is 10.9. The minimum Gasteiger partial charge on any atom is -0.303 e. The number of rotatable bonds is 6. The lowest BCUT2D eigenvalue weighted by Gasteiger charge is -2.08. The van der Waals surface area contributed by atoms with Crippen molar-refractivity contribution < 1.29 is 14.4 Å². The number of ketones is 2. The van der Waals surface area contributed by atoms with Crippen molar-refractivity contribution in [1.82, 2.24) is 0 Å². The summed E-state index contributed by atoms with van der Waals surface area (Å²) >= 11 is 0. The van der Waals surface area contributed by atoms with Crippen molar-refractivity contribution in [3.63, 3.8) is 0 Å². The molecule has 0 aromatic heterocycles. The molecule has 0 aliphatic heterocycles. The Hall–Kier alpha value is -0.990. The van der Waals surface area contributed by atoms with Crippen LogP contribution >= 0.6 is 0 Å². The Morgan fingerprint density at radius 2 is 1.92 bits per heavy atom. The van der Waals surface area contributed by atoms with Crippen LogP contribution in [0.1, 0.15) is 33.1 Å². The SMILES string of the molecule is CC(=O)CC(CCC=O)C(C)=O. The molecule has 0 bridgehead atoms. The van der Waals surface area contributed by atoms with Gasteiger partial charge in [-0.15, -0.1) is 0 Å². The minimum absolute atomic E-state index is 0.00102. The van der Waals surface area contributed by atoms with E-state index in [2.05, 4.69) is 0 Å². The van der Waals surface area contributed by atoms with Gasteiger partial charge in [0.15, 0.2) is 0 Å². The number of aldehydes is 1. The Kier molecular flexibility index (Phi) is 5.17. The van der Waals surface area contributed by atoms with E-state index < -0.39 is 0 Å². The molecule has 0 aromatic carbocycles. The van der Waals surface area contributed by atoms with Crippen LogP contribution in [0.15, 0.2) is 0 Å². The Labute approximate surface area is 72.1 Å². The largest absolute Gasteiger partial charge is 0.303 e. The molecule has 0 fully saturated rings. The molecule has 0 aliphatic carbocycles. The van der Waals surface area contributed by atoms with Gasteiger partial charge in [0.25, 0.3) is 0 Å². The first-order valence-corrected chi connectivity index (χ1v) is 4.01. The first-order valence-electron chi connectivity index (χ1n) is 4.01. The summed E-state index contributed by atoms with van der Waals surface area (Å²) < 4.78 is 0. The zero-order valence-corrected chi connectivity index (χ0v) is 7.50. The monoisotopic (exact) mass is 170 g/mol. The molecule has 1 atom stereocenters. The van der Waals surface area contributed by atoms with Crippen LogP contribution in [0.4, 0.5) is 0 Å². The van der Waals surface area contributed by atoms with Gasteiger partial charge >= 0.3 is 0 Å². The van der Waals surface area contributed by atoms with Gasteiger partial charge in [0, 0.05) is 18.8 Å². The Balaban J connectivity index is 3.94. The molecule has 68 valence electrons. The van der Waals surface area contributed by atoms with Crippen LogP contribution in [-0.2, 0) is 14.4 Å². The van der Waals surface area contributed by atoms with Crippen molar-refractivity contribution in [3.05, 3.63) is 0 Å². The molecular formula is C9H14O3. The predicted octanol–water partition coefficient (Wildman–Crippen LogP) is 1.15. The van der Waals surface area contributed by atoms with E-state index in [0.717, 1.165) is 6.29 Å². The highest BCUT2D eigenvalue weighted by Crippen LogP contribution is 2.11. The fourth-order valence-electron chi connectivity index (χ4n) is 1.07. The van der Waals surface area contributed by atoms with Gasteiger partial charge in [0.05, 0.1) is 0 Å². The van der Waals surface area contributed by atoms with Crippen LogP contribution in [0.5, 0.6) is 0 Å². The third-order valence-electron chi connectivity index (χ3n) is 1.74. The maximum absolute atomic E-state index is 10.9. The van der Waals surface area contributed by atoms with Crippen molar-refractivity contribution >= 4 is 17.9 Å². The van der Waals surface area contributed by atoms with Gasteiger partial charge in [-0.3, -0.25) is 4.79 Å². The molecule has 0 N–H and O–H groups in total. The normalized spacial score (nSPS) is 12.2. The maximum Gasteiger partial charge on any atom is 0.133 e. The summed E-state index contributed by atoms with van der Waals surface area (Å²) in [4.78, 5) is 31.6. The number of Topliss-reactive ketones (excluding diaryl/α,β-unsaturated/α-hetero) is 2. The van der Waals surface area contributed by atoms with Crippen LogP contribution in [0.2, 0.25) is 0 Å². The molecule has 0 aliphatic rings. The number of hydrogen-bond acceptors (Lipinski definition) is 3. The average molecular weight is 170 g/mol. The lowest BCUT2D eigenvalue weighted by molar-refractivity contribution is -0.126. The van der Waals surface area contributed by atoms with Gasteiger partial charge in [-0.25, -0.2) is 0 Å². The minimum atomic E-state index is -0.257. The number of carbonyl (C=O) groups is 3. The summed E-state index contributed by atoms with van der Waals surface area (Å²) in [6.45, 7) is 2.91. The van der Waals surface area contributed by atoms with Crippen molar-refractivity contribution in [2.45, 2.75) is 33.1 Å². The Bertz CT molecular complexity index is 184. The fourth-order valence-corrected chi connectivity index (χ4v) is 1.07. The van der Waals surface area contributed by atoms with E-state index >= 15 is 0 Å². The summed E-state index contributed by atoms with van der Waals surface area (Å²) in [7, 11) is 0. The zero-order valence-electron chi connectivity index (χ0n) is 7.50. The Morgan fingerprint density at radius 3 is 2.25 bits per heavy atom. The van der Waals surface area contributed by atoms with Gasteiger partial charge in [-0.05, 0) is 20.3 Å². The number of carbonyl (C=O) groups excluding carboxylic acids is 3. The van der Waals surface area contributed by atoms with E-state index in [0.29, 0.717) is 12.8 Å². The fraction of sp³-hybridized carbons (Fsp3) is 0.667. The average Bonchev–Trinajstić information content (AvgIpc) is 1.96. The lowest BCUT2D eigenvalue weighted by Crippen LogP contribution is -2.14. The highest BCUT2D eigenvalue weighted by atomic mass is 16.1. The molecular weight excluding hydrogens is 156 g/mol. The van der Waals surface area contributed by atoms with Crippen molar-refractivity contribution in [3.8, 4) is 0 Å². The smallest absolute Gasteiger partial charge is 0.133 e. The molecule has 1 unspecified atom stereocenters. The topological polar surface area (TPSA) is 51.2 Å². The highest BCUT2D eigenvalue weighted by molar-refractivity contribution is 5.85. The van der Waals surface area contributed by atoms with E-state index in [1.54, 1.807) is 0 Å². The second-order valence-electron chi connectivity index (χ2n) is 2.96. The molecule has 0 radical (unpaired) electrons. The quantitative estimate of drug-likeness (QED) is 0.562. The number of hydrogen-bond donors (Lipinski definition) is 0. The zero-order chi connectivity index (χ0) is 9.56. The third kappa shape index (κ3) is 4.77. The summed E-state index contributed by atoms with van der Waals surface area (Å²) in [6.07, 6.45) is 1.90. The van der Waals surface area contributed by atoms with Crippen molar-refractivity contribution in [2.75, 3.05) is 0 Å². The molecule has 0 saturated carbocycles. The van der Waals surface area contributed by atoms with Crippen LogP contribution in [0, 0.1) is 5.92 Å². The summed E-state index contributed by atoms with van der Waals surface area (Å²) in [5.41, 5.74) is 0. The Morgan fingerprint density at radius 1 is 1.33 bits per heavy atom. The van der Waals surface area contributed by atoms with Crippen molar-refractivity contribution in [2.24, 2.45) is 5.92 Å². The van der Waals surface area contributed by atoms with Gasteiger partial charge in [-0.2, -0.15) is 0 Å². The highest BCUT2D eigenvalue weighted by Gasteiger charge is 2.15. The molecule has 0 amide bonds. The molecule has 12 heavy (non-hydrogen) atoms. The molecule has 0 spiro atoms. The first kappa shape index (κ1) is 11.0. The van der Waals surface area contributed by atoms with Crippen LogP contribution in [0.3, 0.4) is 0 Å². The summed E-state index contributed by atoms with van der Waals surface area (Å²) in [5.74, 6) is -0.263. The molecule has 3 heteroatoms. The van der Waals surface area contributed by atoms with E-state index in [1.165, 1.54) is 13.8 Å². The van der Waals surface area contributed by atoms with Crippen LogP contribution < -0.4 is 0 Å². The van der Waals surface area contributed by atoms with Crippen LogP contribution in [-0.4, -0.2) is 17.9 Å². The first-order chi connectivity index (χ1) is 5.57. The summed E-state index contributed by atoms with van der Waals surface area (Å²) in [5, 5.41) is 0. The van der Waals surface area contributed by atoms with E-state index in [4.69, 9.17) is 0 Å². The van der Waals surface area contributed by atoms with Crippen molar-refractivity contribution in [1.29, 1.82) is 0 Å². The third-order valence-corrected chi connectivity index (χ3v) is 1.74. The van der Waals surface area contributed by atoms with E-state index in [1.807, 2.05) is 0 Å². The summed E-state index contributed by atoms with van der Waals surface area (Å²) in [6, 6.07) is 0. The lowest BCUT2D eigenvalue weighted by atomic mass is 9.94. The second kappa shape index (κ2) is 5.63. The molecule has 0 aromatic rings. The molecule has 3 nitrogen and oxygen atoms in total. The van der Waals surface area contributed by atoms with Gasteiger partial charge in [0.2, 0.25) is 0 Å². The predicted molar refractivity (Wildman–Crippen MR) is 44.8 cm³/mol. The molecule has 0 heterocycles. The molecule has 0 rings (SSSR count). The van der Waals surface area contributed by atoms with E-state index in [-0.39, 0.29) is 23.9 Å². The standard InChI is InChI=1S/C9H14O3/c1-7(11)6-9(8(2)12)4-3-5-10/h5,9H,3-4,6H2,1-2H3. The van der Waals surface area contributed by atoms with E-state index in [9.17, 15) is 14.4 Å². The van der Waals surface area contributed by atoms with Gasteiger partial charge < -0.3 is 9.59 Å². The van der Waals surface area contributed by atoms with Gasteiger partial charge in [0.1, 0.15) is 17.9 Å². The van der Waals surface area contributed by atoms with Gasteiger partial charge in [-0.1, -0.05) is 0 Å². The second-order valence-corrected chi connectivity index (χ2v) is 2.96.